The SMILES string of the molecule is Cc1[nH]c(=O)c(C#N)c(C)c1CCC(=O)OCC(=O)c1cc(C)n(CC(F)(F)F)c1C. The van der Waals surface area contributed by atoms with Crippen molar-refractivity contribution in [1.82, 2.24) is 9.55 Å². The predicted molar refractivity (Wildman–Crippen MR) is 105 cm³/mol. The number of carbonyl (C=O) groups excluding carboxylic acids is 2. The van der Waals surface area contributed by atoms with Crippen LogP contribution in [-0.4, -0.2) is 34.1 Å². The van der Waals surface area contributed by atoms with Crippen LogP contribution in [0.2, 0.25) is 0 Å². The molecule has 166 valence electrons. The summed E-state index contributed by atoms with van der Waals surface area (Å²) in [4.78, 5) is 38.7. The van der Waals surface area contributed by atoms with E-state index >= 15 is 0 Å². The number of pyridine rings is 1. The van der Waals surface area contributed by atoms with Gasteiger partial charge >= 0.3 is 12.1 Å². The summed E-state index contributed by atoms with van der Waals surface area (Å²) in [5.74, 6) is -1.28. The average Bonchev–Trinajstić information content (AvgIpc) is 2.93. The molecule has 0 aliphatic rings. The summed E-state index contributed by atoms with van der Waals surface area (Å²) in [6.45, 7) is 4.33. The van der Waals surface area contributed by atoms with Crippen molar-refractivity contribution in [1.29, 1.82) is 5.26 Å². The van der Waals surface area contributed by atoms with Gasteiger partial charge in [-0.1, -0.05) is 0 Å². The van der Waals surface area contributed by atoms with E-state index in [0.29, 0.717) is 16.8 Å². The summed E-state index contributed by atoms with van der Waals surface area (Å²) in [5, 5.41) is 9.09. The zero-order valence-electron chi connectivity index (χ0n) is 17.6. The van der Waals surface area contributed by atoms with E-state index in [1.165, 1.54) is 19.9 Å². The number of nitrogens with one attached hydrogen (secondary N) is 1. The first-order chi connectivity index (χ1) is 14.4. The fraction of sp³-hybridized carbons (Fsp3) is 0.429. The first kappa shape index (κ1) is 23.9. The van der Waals surface area contributed by atoms with E-state index in [-0.39, 0.29) is 35.4 Å². The molecule has 0 saturated heterocycles. The van der Waals surface area contributed by atoms with Crippen molar-refractivity contribution in [2.24, 2.45) is 0 Å². The number of halogens is 3. The highest BCUT2D eigenvalue weighted by atomic mass is 19.4. The third kappa shape index (κ3) is 5.63. The number of hydrogen-bond donors (Lipinski definition) is 1. The predicted octanol–water partition coefficient (Wildman–Crippen LogP) is 3.20. The van der Waals surface area contributed by atoms with Gasteiger partial charge in [-0.05, 0) is 51.3 Å². The number of ketones is 1. The van der Waals surface area contributed by atoms with E-state index in [1.807, 2.05) is 6.07 Å². The van der Waals surface area contributed by atoms with Crippen molar-refractivity contribution in [3.05, 3.63) is 55.8 Å². The summed E-state index contributed by atoms with van der Waals surface area (Å²) < 4.78 is 44.1. The Labute approximate surface area is 176 Å². The molecule has 2 aromatic heterocycles. The Balaban J connectivity index is 2.02. The van der Waals surface area contributed by atoms with Crippen LogP contribution in [0.5, 0.6) is 0 Å². The van der Waals surface area contributed by atoms with Crippen molar-refractivity contribution < 1.29 is 27.5 Å². The molecular formula is C21H22F3N3O4. The summed E-state index contributed by atoms with van der Waals surface area (Å²) >= 11 is 0. The van der Waals surface area contributed by atoms with Crippen molar-refractivity contribution in [3.8, 4) is 6.07 Å². The minimum absolute atomic E-state index is 0.0293. The van der Waals surface area contributed by atoms with Crippen molar-refractivity contribution in [2.75, 3.05) is 6.61 Å². The van der Waals surface area contributed by atoms with Crippen LogP contribution in [0.3, 0.4) is 0 Å². The number of carbonyl (C=O) groups is 2. The zero-order chi connectivity index (χ0) is 23.5. The lowest BCUT2D eigenvalue weighted by Gasteiger charge is -2.12. The van der Waals surface area contributed by atoms with Gasteiger partial charge in [0.25, 0.3) is 5.56 Å². The van der Waals surface area contributed by atoms with Crippen molar-refractivity contribution >= 4 is 11.8 Å². The van der Waals surface area contributed by atoms with Crippen LogP contribution in [0.15, 0.2) is 10.9 Å². The standard InChI is InChI=1S/C21H22F3N3O4/c1-11-7-16(14(4)27(11)10-21(22,23)24)18(28)9-31-19(29)6-5-15-12(2)17(8-25)20(30)26-13(15)3/h7H,5-6,9-10H2,1-4H3,(H,26,30). The van der Waals surface area contributed by atoms with Crippen LogP contribution in [0, 0.1) is 39.0 Å². The average molecular weight is 437 g/mol. The van der Waals surface area contributed by atoms with E-state index in [0.717, 1.165) is 4.57 Å². The number of nitrogens with zero attached hydrogens (tertiary/aromatic N) is 2. The lowest BCUT2D eigenvalue weighted by Crippen LogP contribution is -2.20. The van der Waals surface area contributed by atoms with Gasteiger partial charge in [0.2, 0.25) is 5.78 Å². The molecule has 0 saturated carbocycles. The molecule has 0 bridgehead atoms. The molecule has 2 heterocycles. The summed E-state index contributed by atoms with van der Waals surface area (Å²) in [7, 11) is 0. The second-order valence-electron chi connectivity index (χ2n) is 7.24. The topological polar surface area (TPSA) is 105 Å². The fourth-order valence-corrected chi connectivity index (χ4v) is 3.45. The monoisotopic (exact) mass is 437 g/mol. The number of nitriles is 1. The number of aromatic amines is 1. The molecule has 0 atom stereocenters. The third-order valence-corrected chi connectivity index (χ3v) is 5.08. The van der Waals surface area contributed by atoms with Gasteiger partial charge in [0, 0.05) is 29.1 Å². The van der Waals surface area contributed by atoms with Gasteiger partial charge in [-0.25, -0.2) is 0 Å². The van der Waals surface area contributed by atoms with Crippen LogP contribution in [-0.2, 0) is 22.5 Å². The van der Waals surface area contributed by atoms with Crippen molar-refractivity contribution in [3.63, 3.8) is 0 Å². The van der Waals surface area contributed by atoms with Gasteiger partial charge < -0.3 is 14.3 Å². The summed E-state index contributed by atoms with van der Waals surface area (Å²) in [6, 6.07) is 3.17. The maximum Gasteiger partial charge on any atom is 0.406 e. The summed E-state index contributed by atoms with van der Waals surface area (Å²) in [5.41, 5.74) is 1.61. The van der Waals surface area contributed by atoms with E-state index in [9.17, 15) is 27.6 Å². The molecule has 0 unspecified atom stereocenters. The molecule has 0 fully saturated rings. The normalized spacial score (nSPS) is 11.3. The Morgan fingerprint density at radius 1 is 1.23 bits per heavy atom. The Morgan fingerprint density at radius 2 is 1.87 bits per heavy atom. The second-order valence-corrected chi connectivity index (χ2v) is 7.24. The molecule has 0 aromatic carbocycles. The highest BCUT2D eigenvalue weighted by Gasteiger charge is 2.30. The van der Waals surface area contributed by atoms with E-state index in [2.05, 4.69) is 4.98 Å². The van der Waals surface area contributed by atoms with E-state index in [4.69, 9.17) is 10.00 Å². The van der Waals surface area contributed by atoms with Gasteiger partial charge in [-0.2, -0.15) is 18.4 Å². The summed E-state index contributed by atoms with van der Waals surface area (Å²) in [6.07, 6.45) is -4.33. The van der Waals surface area contributed by atoms with Crippen LogP contribution in [0.1, 0.15) is 50.6 Å². The Morgan fingerprint density at radius 3 is 2.45 bits per heavy atom. The van der Waals surface area contributed by atoms with Gasteiger partial charge in [0.1, 0.15) is 18.2 Å². The molecule has 0 aliphatic heterocycles. The van der Waals surface area contributed by atoms with Crippen LogP contribution >= 0.6 is 0 Å². The highest BCUT2D eigenvalue weighted by molar-refractivity contribution is 5.99. The number of aryl methyl sites for hydroxylation is 2. The number of Topliss-reactive ketones (excluding diaryl/α,β-unsaturated/α-hetero) is 1. The molecule has 0 spiro atoms. The number of ether oxygens (including phenoxy) is 1. The van der Waals surface area contributed by atoms with Crippen LogP contribution in [0.4, 0.5) is 13.2 Å². The minimum Gasteiger partial charge on any atom is -0.457 e. The number of rotatable bonds is 7. The van der Waals surface area contributed by atoms with Crippen LogP contribution < -0.4 is 5.56 Å². The number of esters is 1. The molecule has 10 heteroatoms. The molecule has 2 rings (SSSR count). The molecule has 2 aromatic rings. The first-order valence-electron chi connectivity index (χ1n) is 9.40. The molecule has 31 heavy (non-hydrogen) atoms. The smallest absolute Gasteiger partial charge is 0.406 e. The lowest BCUT2D eigenvalue weighted by molar-refractivity contribution is -0.142. The maximum atomic E-state index is 12.7. The van der Waals surface area contributed by atoms with Gasteiger partial charge in [0.05, 0.1) is 0 Å². The van der Waals surface area contributed by atoms with Crippen molar-refractivity contribution in [2.45, 2.75) is 53.3 Å². The molecule has 0 radical (unpaired) electrons. The number of alkyl halides is 3. The molecule has 0 amide bonds. The fourth-order valence-electron chi connectivity index (χ4n) is 3.45. The number of H-pyrrole nitrogens is 1. The highest BCUT2D eigenvalue weighted by Crippen LogP contribution is 2.23. The third-order valence-electron chi connectivity index (χ3n) is 5.08. The van der Waals surface area contributed by atoms with Gasteiger partial charge in [-0.3, -0.25) is 14.4 Å². The Bertz CT molecular complexity index is 1120. The Kier molecular flexibility index (Phi) is 7.10. The van der Waals surface area contributed by atoms with Crippen LogP contribution in [0.25, 0.3) is 0 Å². The van der Waals surface area contributed by atoms with Gasteiger partial charge in [-0.15, -0.1) is 0 Å². The molecule has 0 aliphatic carbocycles. The second kappa shape index (κ2) is 9.20. The van der Waals surface area contributed by atoms with E-state index < -0.39 is 36.6 Å². The quantitative estimate of drug-likeness (QED) is 0.529. The van der Waals surface area contributed by atoms with Gasteiger partial charge in [0.15, 0.2) is 6.61 Å². The minimum atomic E-state index is -4.43. The Hall–Kier alpha value is -3.35. The zero-order valence-corrected chi connectivity index (χ0v) is 17.6. The first-order valence-corrected chi connectivity index (χ1v) is 9.40. The van der Waals surface area contributed by atoms with E-state index in [1.54, 1.807) is 13.8 Å². The lowest BCUT2D eigenvalue weighted by atomic mass is 9.99. The number of aromatic nitrogens is 2. The maximum absolute atomic E-state index is 12.7. The molecular weight excluding hydrogens is 415 g/mol. The largest absolute Gasteiger partial charge is 0.457 e. The number of hydrogen-bond acceptors (Lipinski definition) is 5. The molecule has 1 N–H and O–H groups in total. The molecule has 7 nitrogen and oxygen atoms in total.